The molecule has 0 aliphatic carbocycles. The van der Waals surface area contributed by atoms with Crippen LogP contribution in [-0.2, 0) is 5.54 Å². The number of hydrogen-bond donors (Lipinski definition) is 1. The van der Waals surface area contributed by atoms with Crippen molar-refractivity contribution >= 4 is 28.4 Å². The average molecular weight is 652 g/mol. The van der Waals surface area contributed by atoms with Crippen molar-refractivity contribution in [3.05, 3.63) is 109 Å². The van der Waals surface area contributed by atoms with E-state index in [0.29, 0.717) is 0 Å². The molecule has 0 spiro atoms. The third-order valence-electron chi connectivity index (χ3n) is 10.1. The second-order valence-electron chi connectivity index (χ2n) is 14.0. The molecule has 3 aromatic rings. The van der Waals surface area contributed by atoms with E-state index in [4.69, 9.17) is 11.3 Å². The van der Waals surface area contributed by atoms with Crippen LogP contribution in [0.4, 0.5) is 18.9 Å². The zero-order valence-electron chi connectivity index (χ0n) is 28.2. The molecule has 0 aromatic heterocycles. The predicted molar refractivity (Wildman–Crippen MR) is 178 cm³/mol. The Bertz CT molecular complexity index is 2310. The minimum atomic E-state index is -2.49. The second kappa shape index (κ2) is 10.3. The van der Waals surface area contributed by atoms with Gasteiger partial charge in [0, 0.05) is 72.6 Å². The van der Waals surface area contributed by atoms with Crippen molar-refractivity contribution in [2.45, 2.75) is 65.1 Å². The molecular weight excluding hydrogens is 617 g/mol. The molecule has 3 heterocycles. The van der Waals surface area contributed by atoms with Crippen LogP contribution in [0.3, 0.4) is 0 Å². The largest absolute Gasteiger partial charge is 0.478 e. The van der Waals surface area contributed by atoms with Crippen molar-refractivity contribution in [2.75, 3.05) is 19.0 Å². The van der Waals surface area contributed by atoms with Crippen LogP contribution in [0.1, 0.15) is 86.6 Å². The van der Waals surface area contributed by atoms with E-state index < -0.39 is 45.7 Å². The lowest BCUT2D eigenvalue weighted by atomic mass is 9.81. The minimum Gasteiger partial charge on any atom is -0.478 e. The Hall–Kier alpha value is -5.35. The van der Waals surface area contributed by atoms with Crippen molar-refractivity contribution in [1.82, 2.24) is 4.58 Å². The maximum atomic E-state index is 17.1. The highest BCUT2D eigenvalue weighted by atomic mass is 19.2. The lowest BCUT2D eigenvalue weighted by Gasteiger charge is -2.41. The maximum absolute atomic E-state index is 17.1. The van der Waals surface area contributed by atoms with Gasteiger partial charge in [-0.3, -0.25) is 4.85 Å². The Balaban J connectivity index is 1.89. The molecule has 6 rings (SSSR count). The summed E-state index contributed by atoms with van der Waals surface area (Å²) in [4.78, 5) is 17.9. The number of carboxylic acids is 1. The molecule has 244 valence electrons. The van der Waals surface area contributed by atoms with Crippen LogP contribution in [0, 0.1) is 35.4 Å². The number of ether oxygens (including phenoxy) is 1. The number of benzene rings is 3. The molecule has 48 heavy (non-hydrogen) atoms. The van der Waals surface area contributed by atoms with E-state index >= 15 is 13.2 Å². The number of aromatic carboxylic acids is 1. The van der Waals surface area contributed by atoms with E-state index in [0.717, 1.165) is 40.2 Å². The number of nitriles is 1. The number of allylic oxidation sites excluding steroid dienone is 2. The van der Waals surface area contributed by atoms with Crippen LogP contribution in [0.2, 0.25) is 0 Å². The molecule has 0 saturated carbocycles. The van der Waals surface area contributed by atoms with Gasteiger partial charge in [-0.2, -0.15) is 5.26 Å². The van der Waals surface area contributed by atoms with Crippen LogP contribution in [0.25, 0.3) is 21.6 Å². The van der Waals surface area contributed by atoms with E-state index in [1.165, 1.54) is 0 Å². The molecule has 1 atom stereocenters. The fourth-order valence-corrected chi connectivity index (χ4v) is 7.11. The van der Waals surface area contributed by atoms with Crippen LogP contribution in [0.15, 0.2) is 36.4 Å². The summed E-state index contributed by atoms with van der Waals surface area (Å²) in [5.41, 5.74) is -2.16. The van der Waals surface area contributed by atoms with Crippen LogP contribution < -0.4 is 24.8 Å². The molecule has 0 saturated heterocycles. The van der Waals surface area contributed by atoms with Gasteiger partial charge in [-0.1, -0.05) is 6.08 Å². The van der Waals surface area contributed by atoms with Crippen LogP contribution in [0.5, 0.6) is 11.5 Å². The molecule has 7 nitrogen and oxygen atoms in total. The number of carboxylic acid groups (broad SMARTS) is 1. The Kier molecular flexibility index (Phi) is 7.01. The summed E-state index contributed by atoms with van der Waals surface area (Å²) in [6.45, 7) is 20.6. The summed E-state index contributed by atoms with van der Waals surface area (Å²) >= 11 is 0. The molecule has 0 amide bonds. The summed E-state index contributed by atoms with van der Waals surface area (Å²) < 4.78 is 57.3. The van der Waals surface area contributed by atoms with E-state index in [2.05, 4.69) is 26.5 Å². The van der Waals surface area contributed by atoms with E-state index in [1.54, 1.807) is 30.3 Å². The number of halogens is 3. The molecule has 10 heteroatoms. The molecule has 3 aromatic carbocycles. The molecule has 1 unspecified atom stereocenters. The van der Waals surface area contributed by atoms with Gasteiger partial charge in [-0.05, 0) is 57.0 Å². The number of carbonyl (C=O) groups is 1. The van der Waals surface area contributed by atoms with Gasteiger partial charge in [0.2, 0.25) is 5.36 Å². The van der Waals surface area contributed by atoms with Crippen molar-refractivity contribution in [3.63, 3.8) is 0 Å². The van der Waals surface area contributed by atoms with Crippen LogP contribution >= 0.6 is 0 Å². The normalized spacial score (nSPS) is 18.1. The highest BCUT2D eigenvalue weighted by molar-refractivity contribution is 6.00. The number of rotatable bonds is 3. The fraction of sp³-hybridized carbons (Fsp3) is 0.316. The third kappa shape index (κ3) is 4.39. The number of nitrogens with zero attached hydrogens (tertiary/aromatic N) is 4. The monoisotopic (exact) mass is 651 g/mol. The smallest absolute Gasteiger partial charge is 0.343 e. The summed E-state index contributed by atoms with van der Waals surface area (Å²) in [5.74, 6) is -6.70. The zero-order chi connectivity index (χ0) is 35.4. The Morgan fingerprint density at radius 2 is 1.65 bits per heavy atom. The first-order valence-electron chi connectivity index (χ1n) is 15.3. The second-order valence-corrected chi connectivity index (χ2v) is 14.0. The molecule has 0 radical (unpaired) electrons. The summed E-state index contributed by atoms with van der Waals surface area (Å²) in [6.07, 6.45) is 4.13. The maximum Gasteiger partial charge on any atom is 0.343 e. The third-order valence-corrected chi connectivity index (χ3v) is 10.1. The van der Waals surface area contributed by atoms with Gasteiger partial charge >= 0.3 is 11.5 Å². The topological polar surface area (TPSA) is 80.9 Å². The molecule has 3 aliphatic heterocycles. The zero-order valence-corrected chi connectivity index (χ0v) is 28.2. The number of anilines is 1. The van der Waals surface area contributed by atoms with Gasteiger partial charge in [0.15, 0.2) is 23.2 Å². The first-order chi connectivity index (χ1) is 22.3. The number of fused-ring (bicyclic) bond motifs is 4. The summed E-state index contributed by atoms with van der Waals surface area (Å²) in [5, 5.41) is 21.2. The number of hydrogen-bond acceptors (Lipinski definition) is 4. The molecule has 0 bridgehead atoms. The Morgan fingerprint density at radius 3 is 2.25 bits per heavy atom. The van der Waals surface area contributed by atoms with E-state index in [9.17, 15) is 15.2 Å². The lowest BCUT2D eigenvalue weighted by molar-refractivity contribution is 0.0689. The SMILES string of the molecule is [C-]#[N+]C(C)(C#N)c1c(F)c(F)c(C(=O)O)c(C2=c3cc4c(cc3Oc3cc5c(cc32)C(C)=CC(C)(C)N5C)=[N+](C)C(C)(C)C=C4C)c1F. The van der Waals surface area contributed by atoms with Crippen LogP contribution in [-0.4, -0.2) is 36.2 Å². The average Bonchev–Trinajstić information content (AvgIpc) is 3.01. The molecule has 3 aliphatic rings. The Morgan fingerprint density at radius 1 is 1.00 bits per heavy atom. The van der Waals surface area contributed by atoms with Gasteiger partial charge in [0.1, 0.15) is 35.5 Å². The number of likely N-dealkylation sites (N-methyl/N-ethyl adjacent to an activating group) is 2. The first-order valence-corrected chi connectivity index (χ1v) is 15.3. The minimum absolute atomic E-state index is 0.0576. The van der Waals surface area contributed by atoms with E-state index in [-0.39, 0.29) is 38.9 Å². The summed E-state index contributed by atoms with van der Waals surface area (Å²) in [6, 6.07) is 8.62. The molecule has 1 N–H and O–H groups in total. The van der Waals surface area contributed by atoms with Crippen molar-refractivity contribution in [2.24, 2.45) is 0 Å². The van der Waals surface area contributed by atoms with Gasteiger partial charge in [-0.25, -0.2) is 29.1 Å². The molecule has 0 fully saturated rings. The fourth-order valence-electron chi connectivity index (χ4n) is 7.11. The highest BCUT2D eigenvalue weighted by Gasteiger charge is 2.45. The molecular formula is C38H34F3N4O3+. The first kappa shape index (κ1) is 32.6. The van der Waals surface area contributed by atoms with Crippen molar-refractivity contribution < 1.29 is 27.8 Å². The predicted octanol–water partition coefficient (Wildman–Crippen LogP) is 6.76. The standard InChI is InChI=1S/C38H33F3N4O3/c1-18-15-36(3,4)44(9)24-13-26-22(11-20(18)24)28(23-12-21-19(2)16-37(5,6)45(10)25(21)14-27(23)48-26)29-30(35(46)47)33(40)34(41)31(32(29)39)38(7,17-42)43-8/h11-16H,1-7,9-10H3/p+1. The lowest BCUT2D eigenvalue weighted by Crippen LogP contribution is -2.47. The van der Waals surface area contributed by atoms with Crippen molar-refractivity contribution in [3.8, 4) is 17.6 Å². The van der Waals surface area contributed by atoms with Gasteiger partial charge in [0.05, 0.1) is 11.6 Å². The van der Waals surface area contributed by atoms with Gasteiger partial charge < -0.3 is 14.7 Å². The van der Waals surface area contributed by atoms with Gasteiger partial charge in [0.25, 0.3) is 0 Å². The van der Waals surface area contributed by atoms with Gasteiger partial charge in [-0.15, -0.1) is 0 Å². The summed E-state index contributed by atoms with van der Waals surface area (Å²) in [7, 11) is 3.85. The Labute approximate surface area is 276 Å². The van der Waals surface area contributed by atoms with E-state index in [1.807, 2.05) is 55.6 Å². The van der Waals surface area contributed by atoms with Crippen molar-refractivity contribution in [1.29, 1.82) is 5.26 Å². The highest BCUT2D eigenvalue weighted by Crippen LogP contribution is 2.48. The quantitative estimate of drug-likeness (QED) is 0.151.